The Morgan fingerprint density at radius 3 is 2.46 bits per heavy atom. The first kappa shape index (κ1) is 23.4. The molecular weight excluding hydrogens is 464 g/mol. The van der Waals surface area contributed by atoms with E-state index in [1.807, 2.05) is 30.3 Å². The number of nitrogens with zero attached hydrogens (tertiary/aromatic N) is 6. The molecule has 0 aliphatic carbocycles. The number of rotatable bonds is 5. The molecule has 3 aromatic rings. The minimum Gasteiger partial charge on any atom is -0.484 e. The van der Waals surface area contributed by atoms with Crippen molar-refractivity contribution in [1.29, 1.82) is 0 Å². The molecule has 0 amide bonds. The van der Waals surface area contributed by atoms with Crippen LogP contribution in [-0.2, 0) is 0 Å². The lowest BCUT2D eigenvalue weighted by atomic mass is 10.1. The summed E-state index contributed by atoms with van der Waals surface area (Å²) in [6.07, 6.45) is 3.39. The molecule has 2 aromatic heterocycles. The zero-order valence-corrected chi connectivity index (χ0v) is 21.3. The third-order valence-corrected chi connectivity index (χ3v) is 6.49. The van der Waals surface area contributed by atoms with Crippen LogP contribution in [0, 0.1) is 0 Å². The predicted octanol–water partition coefficient (Wildman–Crippen LogP) is 4.37. The maximum Gasteiger partial charge on any atom is 0.229 e. The van der Waals surface area contributed by atoms with Gasteiger partial charge in [0.2, 0.25) is 5.95 Å². The molecular formula is C25H31ClN8O. The number of likely N-dealkylation sites (N-methyl/N-ethyl adjacent to an activating group) is 2. The van der Waals surface area contributed by atoms with E-state index in [9.17, 15) is 0 Å². The summed E-state index contributed by atoms with van der Waals surface area (Å²) in [7, 11) is 4.21. The van der Waals surface area contributed by atoms with Gasteiger partial charge in [0.25, 0.3) is 0 Å². The molecule has 1 fully saturated rings. The highest BCUT2D eigenvalue weighted by Crippen LogP contribution is 2.38. The summed E-state index contributed by atoms with van der Waals surface area (Å²) >= 11 is 6.40. The standard InChI is InChI=1S/C25H31ClN8O/c1-25(2)16-33(4)20-13-17(5-7-21(20)35-25)29-23-19(26)15-28-24(31-23)30-18-6-8-22(27-14-18)34-11-9-32(3)10-12-34/h5-8,13-15H,9-12,16H2,1-4H3,(H2,28,29,30,31). The summed E-state index contributed by atoms with van der Waals surface area (Å²) in [6.45, 7) is 9.02. The van der Waals surface area contributed by atoms with E-state index in [4.69, 9.17) is 16.3 Å². The molecule has 0 radical (unpaired) electrons. The Hall–Kier alpha value is -3.30. The summed E-state index contributed by atoms with van der Waals surface area (Å²) in [4.78, 5) is 20.3. The molecule has 10 heteroatoms. The number of anilines is 6. The zero-order valence-electron chi connectivity index (χ0n) is 20.5. The Morgan fingerprint density at radius 1 is 0.943 bits per heavy atom. The van der Waals surface area contributed by atoms with Gasteiger partial charge in [-0.1, -0.05) is 11.6 Å². The molecule has 0 saturated carbocycles. The molecule has 184 valence electrons. The van der Waals surface area contributed by atoms with Gasteiger partial charge in [-0.2, -0.15) is 4.98 Å². The van der Waals surface area contributed by atoms with Gasteiger partial charge >= 0.3 is 0 Å². The van der Waals surface area contributed by atoms with E-state index in [0.717, 1.165) is 61.4 Å². The van der Waals surface area contributed by atoms with Gasteiger partial charge in [0.05, 0.1) is 30.3 Å². The Bertz CT molecular complexity index is 1190. The number of hydrogen-bond donors (Lipinski definition) is 2. The monoisotopic (exact) mass is 494 g/mol. The maximum atomic E-state index is 6.40. The van der Waals surface area contributed by atoms with Crippen molar-refractivity contribution in [2.75, 3.05) is 67.3 Å². The molecule has 2 aliphatic heterocycles. The lowest BCUT2D eigenvalue weighted by molar-refractivity contribution is 0.107. The minimum atomic E-state index is -0.231. The van der Waals surface area contributed by atoms with Gasteiger partial charge in [-0.05, 0) is 51.2 Å². The summed E-state index contributed by atoms with van der Waals surface area (Å²) in [5.41, 5.74) is 2.46. The number of nitrogens with one attached hydrogen (secondary N) is 2. The van der Waals surface area contributed by atoms with E-state index < -0.39 is 0 Å². The van der Waals surface area contributed by atoms with Crippen LogP contribution < -0.4 is 25.2 Å². The van der Waals surface area contributed by atoms with E-state index >= 15 is 0 Å². The Balaban J connectivity index is 1.29. The van der Waals surface area contributed by atoms with Crippen molar-refractivity contribution in [2.45, 2.75) is 19.4 Å². The van der Waals surface area contributed by atoms with Crippen LogP contribution in [0.2, 0.25) is 5.02 Å². The Kier molecular flexibility index (Phi) is 6.29. The number of hydrogen-bond acceptors (Lipinski definition) is 9. The van der Waals surface area contributed by atoms with Crippen LogP contribution in [0.3, 0.4) is 0 Å². The molecule has 0 atom stereocenters. The van der Waals surface area contributed by atoms with Crippen molar-refractivity contribution >= 4 is 46.2 Å². The molecule has 0 unspecified atom stereocenters. The molecule has 5 rings (SSSR count). The van der Waals surface area contributed by atoms with E-state index in [2.05, 4.69) is 68.2 Å². The van der Waals surface area contributed by atoms with Gasteiger partial charge in [0, 0.05) is 38.9 Å². The van der Waals surface area contributed by atoms with Crippen molar-refractivity contribution in [1.82, 2.24) is 19.9 Å². The Morgan fingerprint density at radius 2 is 1.71 bits per heavy atom. The largest absolute Gasteiger partial charge is 0.484 e. The number of pyridine rings is 1. The van der Waals surface area contributed by atoms with Crippen LogP contribution in [0.5, 0.6) is 5.75 Å². The Labute approximate surface area is 211 Å². The molecule has 2 N–H and O–H groups in total. The molecule has 1 saturated heterocycles. The molecule has 35 heavy (non-hydrogen) atoms. The second-order valence-electron chi connectivity index (χ2n) is 9.74. The van der Waals surface area contributed by atoms with E-state index in [-0.39, 0.29) is 5.60 Å². The van der Waals surface area contributed by atoms with E-state index in [1.165, 1.54) is 0 Å². The van der Waals surface area contributed by atoms with Crippen LogP contribution in [0.25, 0.3) is 0 Å². The van der Waals surface area contributed by atoms with Gasteiger partial charge < -0.3 is 30.1 Å². The summed E-state index contributed by atoms with van der Waals surface area (Å²) < 4.78 is 6.11. The quantitative estimate of drug-likeness (QED) is 0.537. The predicted molar refractivity (Wildman–Crippen MR) is 142 cm³/mol. The van der Waals surface area contributed by atoms with Gasteiger partial charge in [-0.3, -0.25) is 0 Å². The van der Waals surface area contributed by atoms with E-state index in [1.54, 1.807) is 12.4 Å². The first-order chi connectivity index (χ1) is 16.8. The highest BCUT2D eigenvalue weighted by Gasteiger charge is 2.30. The van der Waals surface area contributed by atoms with Crippen molar-refractivity contribution < 1.29 is 4.74 Å². The molecule has 2 aliphatic rings. The third-order valence-electron chi connectivity index (χ3n) is 6.21. The number of halogens is 1. The molecule has 1 aromatic carbocycles. The van der Waals surface area contributed by atoms with Crippen LogP contribution in [-0.4, -0.2) is 72.3 Å². The van der Waals surface area contributed by atoms with Crippen LogP contribution in [0.4, 0.5) is 34.6 Å². The van der Waals surface area contributed by atoms with Crippen LogP contribution in [0.15, 0.2) is 42.7 Å². The summed E-state index contributed by atoms with van der Waals surface area (Å²) in [5, 5.41) is 6.97. The normalized spacial score (nSPS) is 17.5. The average Bonchev–Trinajstić information content (AvgIpc) is 2.82. The van der Waals surface area contributed by atoms with Gasteiger partial charge in [-0.15, -0.1) is 0 Å². The highest BCUT2D eigenvalue weighted by molar-refractivity contribution is 6.32. The maximum absolute atomic E-state index is 6.40. The number of aromatic nitrogens is 3. The number of ether oxygens (including phenoxy) is 1. The van der Waals surface area contributed by atoms with Crippen molar-refractivity contribution in [3.05, 3.63) is 47.7 Å². The first-order valence-electron chi connectivity index (χ1n) is 11.8. The van der Waals surface area contributed by atoms with Gasteiger partial charge in [0.15, 0.2) is 5.82 Å². The topological polar surface area (TPSA) is 81.7 Å². The second-order valence-corrected chi connectivity index (χ2v) is 10.1. The fourth-order valence-corrected chi connectivity index (χ4v) is 4.57. The second kappa shape index (κ2) is 9.39. The van der Waals surface area contributed by atoms with Crippen LogP contribution in [0.1, 0.15) is 13.8 Å². The molecule has 0 bridgehead atoms. The van der Waals surface area contributed by atoms with Gasteiger partial charge in [0.1, 0.15) is 22.2 Å². The average molecular weight is 495 g/mol. The lowest BCUT2D eigenvalue weighted by Crippen LogP contribution is -2.45. The summed E-state index contributed by atoms with van der Waals surface area (Å²) in [6, 6.07) is 9.98. The fourth-order valence-electron chi connectivity index (χ4n) is 4.43. The third kappa shape index (κ3) is 5.36. The van der Waals surface area contributed by atoms with Crippen molar-refractivity contribution in [3.63, 3.8) is 0 Å². The smallest absolute Gasteiger partial charge is 0.229 e. The number of benzene rings is 1. The number of fused-ring (bicyclic) bond motifs is 1. The zero-order chi connectivity index (χ0) is 24.6. The SMILES string of the molecule is CN1CCN(c2ccc(Nc3ncc(Cl)c(Nc4ccc5c(c4)N(C)CC(C)(C)O5)n3)cn2)CC1. The highest BCUT2D eigenvalue weighted by atomic mass is 35.5. The van der Waals surface area contributed by atoms with Crippen molar-refractivity contribution in [2.24, 2.45) is 0 Å². The lowest BCUT2D eigenvalue weighted by Gasteiger charge is -2.39. The summed E-state index contributed by atoms with van der Waals surface area (Å²) in [5.74, 6) is 2.79. The fraction of sp³-hybridized carbons (Fsp3) is 0.400. The molecule has 4 heterocycles. The molecule has 9 nitrogen and oxygen atoms in total. The first-order valence-corrected chi connectivity index (χ1v) is 12.1. The minimum absolute atomic E-state index is 0.231. The van der Waals surface area contributed by atoms with E-state index in [0.29, 0.717) is 16.8 Å². The number of piperazine rings is 1. The van der Waals surface area contributed by atoms with Gasteiger partial charge in [-0.25, -0.2) is 9.97 Å². The van der Waals surface area contributed by atoms with Crippen molar-refractivity contribution in [3.8, 4) is 5.75 Å². The molecule has 0 spiro atoms. The van der Waals surface area contributed by atoms with Crippen LogP contribution >= 0.6 is 11.6 Å².